The van der Waals surface area contributed by atoms with Crippen LogP contribution in [0.3, 0.4) is 0 Å². The minimum atomic E-state index is -0.515. The lowest BCUT2D eigenvalue weighted by Gasteiger charge is -2.28. The third-order valence-electron chi connectivity index (χ3n) is 5.68. The Labute approximate surface area is 155 Å². The van der Waals surface area contributed by atoms with Gasteiger partial charge in [-0.05, 0) is 37.3 Å². The van der Waals surface area contributed by atoms with E-state index in [2.05, 4.69) is 15.0 Å². The second kappa shape index (κ2) is 6.83. The average molecular weight is 374 g/mol. The van der Waals surface area contributed by atoms with Crippen molar-refractivity contribution in [1.82, 2.24) is 19.9 Å². The summed E-state index contributed by atoms with van der Waals surface area (Å²) in [6.45, 7) is 3.17. The molecule has 2 atom stereocenters. The first kappa shape index (κ1) is 17.8. The molecule has 8 heteroatoms. The summed E-state index contributed by atoms with van der Waals surface area (Å²) in [4.78, 5) is 26.2. The zero-order valence-corrected chi connectivity index (χ0v) is 15.0. The van der Waals surface area contributed by atoms with Crippen LogP contribution in [0.1, 0.15) is 35.3 Å². The number of likely N-dealkylation sites (tertiary alicyclic amines) is 1. The lowest BCUT2D eigenvalue weighted by atomic mass is 9.82. The van der Waals surface area contributed by atoms with Crippen LogP contribution in [0.2, 0.25) is 0 Å². The molecule has 2 aromatic heterocycles. The van der Waals surface area contributed by atoms with Crippen molar-refractivity contribution in [3.05, 3.63) is 47.5 Å². The highest BCUT2D eigenvalue weighted by Gasteiger charge is 2.51. The molecule has 142 valence electrons. The predicted molar refractivity (Wildman–Crippen MR) is 92.1 cm³/mol. The number of aromatic nitrogens is 3. The van der Waals surface area contributed by atoms with Gasteiger partial charge in [0.2, 0.25) is 0 Å². The van der Waals surface area contributed by atoms with E-state index in [4.69, 9.17) is 4.74 Å². The van der Waals surface area contributed by atoms with Crippen LogP contribution in [0.5, 0.6) is 6.01 Å². The summed E-state index contributed by atoms with van der Waals surface area (Å²) in [7, 11) is 0. The SMILES string of the molecule is Cc1cc(C(=O)N2CC3CCCC3(COc3ncc(F)cn3)C2)ncc1F. The number of ether oxygens (including phenoxy) is 1. The van der Waals surface area contributed by atoms with Crippen LogP contribution in [0.15, 0.2) is 24.7 Å². The normalized spacial score (nSPS) is 24.1. The molecule has 2 aromatic rings. The van der Waals surface area contributed by atoms with E-state index in [1.807, 2.05) is 0 Å². The maximum absolute atomic E-state index is 13.4. The summed E-state index contributed by atoms with van der Waals surface area (Å²) in [6.07, 6.45) is 6.27. The van der Waals surface area contributed by atoms with Crippen LogP contribution in [0.4, 0.5) is 8.78 Å². The summed E-state index contributed by atoms with van der Waals surface area (Å²) in [6, 6.07) is 1.62. The number of hydrogen-bond acceptors (Lipinski definition) is 5. The van der Waals surface area contributed by atoms with Crippen molar-refractivity contribution in [3.63, 3.8) is 0 Å². The number of hydrogen-bond donors (Lipinski definition) is 0. The quantitative estimate of drug-likeness (QED) is 0.823. The van der Waals surface area contributed by atoms with Crippen molar-refractivity contribution in [2.45, 2.75) is 26.2 Å². The lowest BCUT2D eigenvalue weighted by Crippen LogP contribution is -2.36. The minimum absolute atomic E-state index is 0.136. The van der Waals surface area contributed by atoms with E-state index in [0.29, 0.717) is 31.2 Å². The third-order valence-corrected chi connectivity index (χ3v) is 5.68. The van der Waals surface area contributed by atoms with Crippen molar-refractivity contribution in [2.24, 2.45) is 11.3 Å². The largest absolute Gasteiger partial charge is 0.463 e. The van der Waals surface area contributed by atoms with Gasteiger partial charge in [0, 0.05) is 18.5 Å². The lowest BCUT2D eigenvalue weighted by molar-refractivity contribution is 0.0736. The molecule has 1 amide bonds. The molecule has 0 bridgehead atoms. The monoisotopic (exact) mass is 374 g/mol. The Bertz CT molecular complexity index is 861. The van der Waals surface area contributed by atoms with Gasteiger partial charge in [-0.25, -0.2) is 23.7 Å². The number of carbonyl (C=O) groups is 1. The number of pyridine rings is 1. The van der Waals surface area contributed by atoms with Gasteiger partial charge in [0.15, 0.2) is 5.82 Å². The molecule has 0 aromatic carbocycles. The standard InChI is InChI=1S/C19H20F2N4O2/c1-12-5-16(22-8-15(12)21)17(26)25-9-13-3-2-4-19(13,10-25)11-27-18-23-6-14(20)7-24-18/h5-8,13H,2-4,9-11H2,1H3. The maximum atomic E-state index is 13.4. The van der Waals surface area contributed by atoms with Crippen LogP contribution in [-0.2, 0) is 0 Å². The molecule has 2 unspecified atom stereocenters. The summed E-state index contributed by atoms with van der Waals surface area (Å²) < 4.78 is 32.1. The number of halogens is 2. The highest BCUT2D eigenvalue weighted by Crippen LogP contribution is 2.49. The van der Waals surface area contributed by atoms with Crippen LogP contribution in [0, 0.1) is 29.9 Å². The first-order chi connectivity index (χ1) is 13.0. The van der Waals surface area contributed by atoms with E-state index in [0.717, 1.165) is 37.9 Å². The molecule has 0 spiro atoms. The van der Waals surface area contributed by atoms with E-state index < -0.39 is 11.6 Å². The third kappa shape index (κ3) is 3.36. The Kier molecular flexibility index (Phi) is 4.49. The van der Waals surface area contributed by atoms with Crippen LogP contribution in [-0.4, -0.2) is 45.5 Å². The molecule has 4 rings (SSSR count). The zero-order chi connectivity index (χ0) is 19.0. The van der Waals surface area contributed by atoms with E-state index in [1.165, 1.54) is 6.07 Å². The molecule has 3 heterocycles. The Morgan fingerprint density at radius 3 is 2.81 bits per heavy atom. The first-order valence-electron chi connectivity index (χ1n) is 8.99. The van der Waals surface area contributed by atoms with E-state index in [9.17, 15) is 13.6 Å². The highest BCUT2D eigenvalue weighted by molar-refractivity contribution is 5.92. The van der Waals surface area contributed by atoms with Crippen molar-refractivity contribution < 1.29 is 18.3 Å². The molecule has 2 fully saturated rings. The topological polar surface area (TPSA) is 68.2 Å². The molecular weight excluding hydrogens is 354 g/mol. The number of amides is 1. The minimum Gasteiger partial charge on any atom is -0.463 e. The van der Waals surface area contributed by atoms with Gasteiger partial charge in [-0.15, -0.1) is 0 Å². The molecule has 1 aliphatic heterocycles. The van der Waals surface area contributed by atoms with E-state index >= 15 is 0 Å². The van der Waals surface area contributed by atoms with Gasteiger partial charge in [-0.1, -0.05) is 6.42 Å². The Hall–Kier alpha value is -2.64. The second-order valence-corrected chi connectivity index (χ2v) is 7.43. The first-order valence-corrected chi connectivity index (χ1v) is 8.99. The zero-order valence-electron chi connectivity index (χ0n) is 15.0. The number of aryl methyl sites for hydroxylation is 1. The molecule has 0 radical (unpaired) electrons. The average Bonchev–Trinajstić information content (AvgIpc) is 3.20. The van der Waals surface area contributed by atoms with Crippen molar-refractivity contribution in [3.8, 4) is 6.01 Å². The predicted octanol–water partition coefficient (Wildman–Crippen LogP) is 2.78. The number of rotatable bonds is 4. The van der Waals surface area contributed by atoms with Crippen LogP contribution in [0.25, 0.3) is 0 Å². The summed E-state index contributed by atoms with van der Waals surface area (Å²) in [5.41, 5.74) is 0.494. The van der Waals surface area contributed by atoms with E-state index in [-0.39, 0.29) is 23.0 Å². The molecule has 2 aliphatic rings. The van der Waals surface area contributed by atoms with Crippen molar-refractivity contribution in [1.29, 1.82) is 0 Å². The Balaban J connectivity index is 1.48. The molecule has 1 saturated heterocycles. The van der Waals surface area contributed by atoms with Crippen molar-refractivity contribution >= 4 is 5.91 Å². The number of fused-ring (bicyclic) bond motifs is 1. The summed E-state index contributed by atoms with van der Waals surface area (Å²) >= 11 is 0. The second-order valence-electron chi connectivity index (χ2n) is 7.43. The van der Waals surface area contributed by atoms with Crippen molar-refractivity contribution in [2.75, 3.05) is 19.7 Å². The van der Waals surface area contributed by atoms with Crippen LogP contribution >= 0.6 is 0 Å². The Morgan fingerprint density at radius 1 is 1.30 bits per heavy atom. The van der Waals surface area contributed by atoms with Gasteiger partial charge in [0.25, 0.3) is 5.91 Å². The summed E-state index contributed by atoms with van der Waals surface area (Å²) in [5.74, 6) is -0.804. The van der Waals surface area contributed by atoms with Gasteiger partial charge in [-0.2, -0.15) is 0 Å². The van der Waals surface area contributed by atoms with Gasteiger partial charge >= 0.3 is 6.01 Å². The molecule has 0 N–H and O–H groups in total. The highest BCUT2D eigenvalue weighted by atomic mass is 19.1. The van der Waals surface area contributed by atoms with Crippen LogP contribution < -0.4 is 4.74 Å². The van der Waals surface area contributed by atoms with Gasteiger partial charge < -0.3 is 9.64 Å². The fourth-order valence-electron chi connectivity index (χ4n) is 4.21. The fraction of sp³-hybridized carbons (Fsp3) is 0.474. The number of carbonyl (C=O) groups excluding carboxylic acids is 1. The summed E-state index contributed by atoms with van der Waals surface area (Å²) in [5, 5.41) is 0. The van der Waals surface area contributed by atoms with Gasteiger partial charge in [0.1, 0.15) is 11.5 Å². The molecule has 27 heavy (non-hydrogen) atoms. The Morgan fingerprint density at radius 2 is 2.07 bits per heavy atom. The van der Waals surface area contributed by atoms with Gasteiger partial charge in [0.05, 0.1) is 25.2 Å². The molecule has 6 nitrogen and oxygen atoms in total. The van der Waals surface area contributed by atoms with Gasteiger partial charge in [-0.3, -0.25) is 4.79 Å². The smallest absolute Gasteiger partial charge is 0.316 e. The fourth-order valence-corrected chi connectivity index (χ4v) is 4.21. The molecule has 1 saturated carbocycles. The molecule has 1 aliphatic carbocycles. The number of nitrogens with zero attached hydrogens (tertiary/aromatic N) is 4. The van der Waals surface area contributed by atoms with E-state index in [1.54, 1.807) is 11.8 Å². The maximum Gasteiger partial charge on any atom is 0.316 e. The molecular formula is C19H20F2N4O2.